The third-order valence-electron chi connectivity index (χ3n) is 5.73. The number of fused-ring (bicyclic) bond motifs is 1. The number of amides is 1. The van der Waals surface area contributed by atoms with Crippen LogP contribution in [0.15, 0.2) is 42.5 Å². The summed E-state index contributed by atoms with van der Waals surface area (Å²) in [5.41, 5.74) is 2.16. The zero-order valence-corrected chi connectivity index (χ0v) is 17.9. The number of carboxylic acid groups (broad SMARTS) is 1. The lowest BCUT2D eigenvalue weighted by Crippen LogP contribution is -2.59. The lowest BCUT2D eigenvalue weighted by molar-refractivity contribution is -0.138. The van der Waals surface area contributed by atoms with E-state index in [4.69, 9.17) is 27.9 Å². The number of aryl methyl sites for hydroxylation is 1. The van der Waals surface area contributed by atoms with Gasteiger partial charge in [0.2, 0.25) is 0 Å². The molecule has 1 aliphatic rings. The minimum absolute atomic E-state index is 0.257. The molecule has 6 nitrogen and oxygen atoms in total. The van der Waals surface area contributed by atoms with Crippen molar-refractivity contribution in [1.82, 2.24) is 9.88 Å². The van der Waals surface area contributed by atoms with Gasteiger partial charge in [0, 0.05) is 18.0 Å². The van der Waals surface area contributed by atoms with Gasteiger partial charge in [-0.15, -0.1) is 0 Å². The van der Waals surface area contributed by atoms with Gasteiger partial charge in [-0.1, -0.05) is 47.5 Å². The topological polar surface area (TPSA) is 80.6 Å². The van der Waals surface area contributed by atoms with Gasteiger partial charge in [0.25, 0.3) is 5.91 Å². The molecule has 30 heavy (non-hydrogen) atoms. The molecule has 0 spiro atoms. The van der Waals surface area contributed by atoms with Crippen molar-refractivity contribution in [1.29, 1.82) is 0 Å². The summed E-state index contributed by atoms with van der Waals surface area (Å²) in [5.74, 6) is -1.74. The number of hydrogen-bond donors (Lipinski definition) is 2. The fourth-order valence-corrected chi connectivity index (χ4v) is 4.08. The Balaban J connectivity index is 1.63. The molecule has 8 heteroatoms. The van der Waals surface area contributed by atoms with Gasteiger partial charge in [-0.2, -0.15) is 0 Å². The number of nitrogens with one attached hydrogen (secondary N) is 1. The van der Waals surface area contributed by atoms with Gasteiger partial charge in [-0.05, 0) is 36.2 Å². The van der Waals surface area contributed by atoms with Crippen molar-refractivity contribution in [3.8, 4) is 0 Å². The van der Waals surface area contributed by atoms with Crippen molar-refractivity contribution < 1.29 is 19.4 Å². The summed E-state index contributed by atoms with van der Waals surface area (Å²) in [5, 5.41) is 13.8. The monoisotopic (exact) mass is 446 g/mol. The number of halogens is 2. The Morgan fingerprint density at radius 3 is 2.40 bits per heavy atom. The van der Waals surface area contributed by atoms with Crippen LogP contribution in [0.5, 0.6) is 0 Å². The van der Waals surface area contributed by atoms with Crippen LogP contribution in [0.25, 0.3) is 10.9 Å². The second kappa shape index (κ2) is 7.61. The van der Waals surface area contributed by atoms with Gasteiger partial charge in [0.1, 0.15) is 11.2 Å². The van der Waals surface area contributed by atoms with Gasteiger partial charge in [-0.25, -0.2) is 0 Å². The first-order chi connectivity index (χ1) is 14.2. The highest BCUT2D eigenvalue weighted by Crippen LogP contribution is 2.34. The molecule has 0 bridgehead atoms. The number of rotatable bonds is 5. The van der Waals surface area contributed by atoms with Crippen LogP contribution in [0.3, 0.4) is 0 Å². The van der Waals surface area contributed by atoms with E-state index < -0.39 is 17.4 Å². The van der Waals surface area contributed by atoms with Crippen LogP contribution in [0.1, 0.15) is 34.5 Å². The molecular weight excluding hydrogens is 427 g/mol. The van der Waals surface area contributed by atoms with E-state index in [0.29, 0.717) is 39.9 Å². The van der Waals surface area contributed by atoms with Gasteiger partial charge in [-0.3, -0.25) is 9.59 Å². The number of aliphatic carboxylic acids is 1. The number of nitrogens with zero attached hydrogens (tertiary/aromatic N) is 1. The third kappa shape index (κ3) is 3.35. The summed E-state index contributed by atoms with van der Waals surface area (Å²) >= 11 is 12.4. The van der Waals surface area contributed by atoms with Crippen molar-refractivity contribution in [2.45, 2.75) is 18.4 Å². The first-order valence-corrected chi connectivity index (χ1v) is 10.2. The summed E-state index contributed by atoms with van der Waals surface area (Å²) in [6.07, 6.45) is 0. The highest BCUT2D eigenvalue weighted by molar-refractivity contribution is 6.45. The van der Waals surface area contributed by atoms with E-state index in [-0.39, 0.29) is 5.91 Å². The molecule has 1 fully saturated rings. The van der Waals surface area contributed by atoms with Crippen molar-refractivity contribution in [2.24, 2.45) is 7.05 Å². The number of carbonyl (C=O) groups excluding carboxylic acids is 1. The molecule has 156 valence electrons. The van der Waals surface area contributed by atoms with Crippen LogP contribution in [0.4, 0.5) is 0 Å². The number of ether oxygens (including phenoxy) is 1. The predicted octanol–water partition coefficient (Wildman–Crippen LogP) is 4.33. The molecule has 0 unspecified atom stereocenters. The molecule has 1 aliphatic heterocycles. The summed E-state index contributed by atoms with van der Waals surface area (Å²) in [7, 11) is 1.80. The Morgan fingerprint density at radius 2 is 1.83 bits per heavy atom. The number of hydrogen-bond acceptors (Lipinski definition) is 3. The maximum atomic E-state index is 13.1. The molecule has 1 saturated heterocycles. The maximum Gasteiger partial charge on any atom is 0.310 e. The molecule has 4 rings (SSSR count). The summed E-state index contributed by atoms with van der Waals surface area (Å²) in [6.45, 7) is 2.31. The van der Waals surface area contributed by atoms with Crippen molar-refractivity contribution >= 4 is 46.0 Å². The fourth-order valence-electron chi connectivity index (χ4n) is 3.70. The molecule has 0 radical (unpaired) electrons. The number of aromatic nitrogens is 1. The minimum Gasteiger partial charge on any atom is -0.481 e. The standard InChI is InChI=1S/C22H20Cl2N2O4/c1-12(21(28)29)13-3-5-14(6-4-13)22(10-30-11-22)25-20(27)18-9-15-17(26(18)2)8-7-16(23)19(15)24/h3-9,12H,10-11H2,1-2H3,(H,25,27)(H,28,29)/t12-/m0/s1. The fraction of sp³-hybridized carbons (Fsp3) is 0.273. The molecule has 1 atom stereocenters. The van der Waals surface area contributed by atoms with Crippen LogP contribution in [-0.4, -0.2) is 34.8 Å². The number of benzene rings is 2. The smallest absolute Gasteiger partial charge is 0.310 e. The van der Waals surface area contributed by atoms with Gasteiger partial charge in [0.15, 0.2) is 0 Å². The molecule has 2 heterocycles. The van der Waals surface area contributed by atoms with E-state index in [1.54, 1.807) is 42.8 Å². The lowest BCUT2D eigenvalue weighted by Gasteiger charge is -2.42. The zero-order valence-electron chi connectivity index (χ0n) is 16.4. The van der Waals surface area contributed by atoms with Crippen molar-refractivity contribution in [2.75, 3.05) is 13.2 Å². The molecular formula is C22H20Cl2N2O4. The Bertz CT molecular complexity index is 1150. The molecule has 2 N–H and O–H groups in total. The average molecular weight is 447 g/mol. The quantitative estimate of drug-likeness (QED) is 0.610. The van der Waals surface area contributed by atoms with Crippen LogP contribution >= 0.6 is 23.2 Å². The lowest BCUT2D eigenvalue weighted by atomic mass is 9.86. The minimum atomic E-state index is -0.882. The Morgan fingerprint density at radius 1 is 1.17 bits per heavy atom. The van der Waals surface area contributed by atoms with Crippen molar-refractivity contribution in [3.05, 3.63) is 69.3 Å². The van der Waals surface area contributed by atoms with Crippen molar-refractivity contribution in [3.63, 3.8) is 0 Å². The van der Waals surface area contributed by atoms with Crippen LogP contribution in [0, 0.1) is 0 Å². The van der Waals surface area contributed by atoms with Crippen LogP contribution in [-0.2, 0) is 22.1 Å². The summed E-state index contributed by atoms with van der Waals surface area (Å²) in [6, 6.07) is 12.5. The van der Waals surface area contributed by atoms with E-state index in [9.17, 15) is 14.7 Å². The highest BCUT2D eigenvalue weighted by Gasteiger charge is 2.42. The van der Waals surface area contributed by atoms with E-state index in [2.05, 4.69) is 5.32 Å². The Kier molecular flexibility index (Phi) is 5.26. The van der Waals surface area contributed by atoms with E-state index >= 15 is 0 Å². The van der Waals surface area contributed by atoms with Gasteiger partial charge < -0.3 is 19.7 Å². The number of carbonyl (C=O) groups is 2. The molecule has 3 aromatic rings. The van der Waals surface area contributed by atoms with Gasteiger partial charge in [0.05, 0.1) is 29.2 Å². The Hall–Kier alpha value is -2.54. The normalized spacial score (nSPS) is 16.1. The summed E-state index contributed by atoms with van der Waals surface area (Å²) in [4.78, 5) is 24.3. The van der Waals surface area contributed by atoms with E-state index in [1.807, 2.05) is 18.2 Å². The largest absolute Gasteiger partial charge is 0.481 e. The summed E-state index contributed by atoms with van der Waals surface area (Å²) < 4.78 is 7.19. The zero-order chi connectivity index (χ0) is 21.6. The third-order valence-corrected chi connectivity index (χ3v) is 6.55. The van der Waals surface area contributed by atoms with Crippen LogP contribution in [0.2, 0.25) is 10.0 Å². The van der Waals surface area contributed by atoms with Gasteiger partial charge >= 0.3 is 5.97 Å². The molecule has 2 aromatic carbocycles. The maximum absolute atomic E-state index is 13.1. The first kappa shape index (κ1) is 20.7. The molecule has 0 aliphatic carbocycles. The molecule has 1 aromatic heterocycles. The average Bonchev–Trinajstić information content (AvgIpc) is 3.04. The second-order valence-electron chi connectivity index (χ2n) is 7.59. The van der Waals surface area contributed by atoms with Crippen LogP contribution < -0.4 is 5.32 Å². The first-order valence-electron chi connectivity index (χ1n) is 9.40. The SMILES string of the molecule is C[C@H](C(=O)O)c1ccc(C2(NC(=O)c3cc4c(Cl)c(Cl)ccc4n3C)COC2)cc1. The highest BCUT2D eigenvalue weighted by atomic mass is 35.5. The molecule has 0 saturated carbocycles. The Labute approximate surface area is 183 Å². The number of carboxylic acids is 1. The predicted molar refractivity (Wildman–Crippen MR) is 115 cm³/mol. The second-order valence-corrected chi connectivity index (χ2v) is 8.38. The molecule has 1 amide bonds. The van der Waals surface area contributed by atoms with E-state index in [0.717, 1.165) is 11.1 Å². The van der Waals surface area contributed by atoms with E-state index in [1.165, 1.54) is 0 Å².